The molecule has 1 N–H and O–H groups in total. The van der Waals surface area contributed by atoms with E-state index in [-0.39, 0.29) is 17.7 Å². The summed E-state index contributed by atoms with van der Waals surface area (Å²) in [5.74, 6) is 0.0340. The minimum absolute atomic E-state index is 0.118. The van der Waals surface area contributed by atoms with Gasteiger partial charge >= 0.3 is 0 Å². The van der Waals surface area contributed by atoms with Gasteiger partial charge in [0.05, 0.1) is 0 Å². The summed E-state index contributed by atoms with van der Waals surface area (Å²) in [6.07, 6.45) is 6.15. The van der Waals surface area contributed by atoms with Gasteiger partial charge in [-0.2, -0.15) is 0 Å². The number of benzene rings is 2. The maximum absolute atomic E-state index is 12.3. The van der Waals surface area contributed by atoms with Crippen molar-refractivity contribution < 1.29 is 14.4 Å². The van der Waals surface area contributed by atoms with E-state index in [1.807, 2.05) is 42.5 Å². The third-order valence-corrected chi connectivity index (χ3v) is 5.20. The molecule has 2 fully saturated rings. The first-order valence-corrected chi connectivity index (χ1v) is 9.90. The summed E-state index contributed by atoms with van der Waals surface area (Å²) in [5.41, 5.74) is 3.23. The van der Waals surface area contributed by atoms with Crippen molar-refractivity contribution in [2.75, 3.05) is 28.2 Å². The fourth-order valence-electron chi connectivity index (χ4n) is 3.72. The van der Waals surface area contributed by atoms with E-state index in [0.717, 1.165) is 42.9 Å². The molecular weight excluding hydrogens is 366 g/mol. The number of rotatable bonds is 5. The minimum Gasteiger partial charge on any atom is -0.322 e. The molecule has 2 aliphatic heterocycles. The minimum atomic E-state index is -0.242. The van der Waals surface area contributed by atoms with Crippen molar-refractivity contribution in [2.24, 2.45) is 0 Å². The van der Waals surface area contributed by atoms with Crippen molar-refractivity contribution in [3.8, 4) is 0 Å². The molecule has 0 unspecified atom stereocenters. The monoisotopic (exact) mass is 389 g/mol. The van der Waals surface area contributed by atoms with Crippen LogP contribution >= 0.6 is 0 Å². The Balaban J connectivity index is 1.37. The second kappa shape index (κ2) is 8.31. The van der Waals surface area contributed by atoms with Crippen LogP contribution in [0, 0.1) is 0 Å². The summed E-state index contributed by atoms with van der Waals surface area (Å²) in [6.45, 7) is 1.48. The lowest BCUT2D eigenvalue weighted by molar-refractivity contribution is -0.117. The molecule has 29 heavy (non-hydrogen) atoms. The van der Waals surface area contributed by atoms with Crippen LogP contribution in [0.2, 0.25) is 0 Å². The number of amides is 3. The topological polar surface area (TPSA) is 69.7 Å². The number of nitrogens with zero attached hydrogens (tertiary/aromatic N) is 2. The smallest absolute Gasteiger partial charge is 0.248 e. The molecule has 0 saturated carbocycles. The van der Waals surface area contributed by atoms with Gasteiger partial charge in [-0.1, -0.05) is 18.2 Å². The standard InChI is InChI=1S/C23H23N3O3/c27-21(24-18-4-1-5-20(16-18)26-15-3-7-23(26)29)13-10-17-8-11-19(12-9-17)25-14-2-6-22(25)28/h1,4-5,8-13,16H,2-3,6-7,14-15H2,(H,24,27)/b13-10+. The summed E-state index contributed by atoms with van der Waals surface area (Å²) >= 11 is 0. The average molecular weight is 389 g/mol. The van der Waals surface area contributed by atoms with Gasteiger partial charge in [-0.05, 0) is 54.8 Å². The molecule has 2 saturated heterocycles. The summed E-state index contributed by atoms with van der Waals surface area (Å²) in [5, 5.41) is 2.84. The fourth-order valence-corrected chi connectivity index (χ4v) is 3.72. The third-order valence-electron chi connectivity index (χ3n) is 5.20. The normalized spacial score (nSPS) is 16.8. The molecule has 6 nitrogen and oxygen atoms in total. The molecule has 4 rings (SSSR count). The predicted molar refractivity (Wildman–Crippen MR) is 114 cm³/mol. The summed E-state index contributed by atoms with van der Waals surface area (Å²) in [4.78, 5) is 39.5. The highest BCUT2D eigenvalue weighted by atomic mass is 16.2. The molecule has 0 aliphatic carbocycles. The van der Waals surface area contributed by atoms with Crippen molar-refractivity contribution in [2.45, 2.75) is 25.7 Å². The number of carbonyl (C=O) groups is 3. The van der Waals surface area contributed by atoms with E-state index in [1.165, 1.54) is 6.08 Å². The molecule has 0 spiro atoms. The van der Waals surface area contributed by atoms with Crippen LogP contribution in [-0.4, -0.2) is 30.8 Å². The second-order valence-corrected chi connectivity index (χ2v) is 7.26. The van der Waals surface area contributed by atoms with E-state index in [4.69, 9.17) is 0 Å². The Kier molecular flexibility index (Phi) is 5.42. The first-order chi connectivity index (χ1) is 14.1. The maximum Gasteiger partial charge on any atom is 0.248 e. The molecule has 2 aromatic carbocycles. The van der Waals surface area contributed by atoms with Crippen LogP contribution in [0.1, 0.15) is 31.2 Å². The highest BCUT2D eigenvalue weighted by molar-refractivity contribution is 6.03. The van der Waals surface area contributed by atoms with Gasteiger partial charge in [0.1, 0.15) is 0 Å². The van der Waals surface area contributed by atoms with Crippen LogP contribution in [0.15, 0.2) is 54.6 Å². The number of hydrogen-bond donors (Lipinski definition) is 1. The molecular formula is C23H23N3O3. The maximum atomic E-state index is 12.3. The Labute approximate surface area is 169 Å². The zero-order chi connectivity index (χ0) is 20.2. The van der Waals surface area contributed by atoms with Crippen molar-refractivity contribution in [1.29, 1.82) is 0 Å². The quantitative estimate of drug-likeness (QED) is 0.795. The van der Waals surface area contributed by atoms with Crippen LogP contribution < -0.4 is 15.1 Å². The molecule has 148 valence electrons. The van der Waals surface area contributed by atoms with Gasteiger partial charge in [0.25, 0.3) is 0 Å². The molecule has 2 aliphatic rings. The van der Waals surface area contributed by atoms with Crippen LogP contribution in [0.5, 0.6) is 0 Å². The molecule has 0 aromatic heterocycles. The first kappa shape index (κ1) is 18.9. The van der Waals surface area contributed by atoms with Crippen LogP contribution in [-0.2, 0) is 14.4 Å². The lowest BCUT2D eigenvalue weighted by Gasteiger charge is -2.16. The van der Waals surface area contributed by atoms with Crippen LogP contribution in [0.25, 0.3) is 6.08 Å². The van der Waals surface area contributed by atoms with Crippen LogP contribution in [0.3, 0.4) is 0 Å². The van der Waals surface area contributed by atoms with E-state index in [1.54, 1.807) is 21.9 Å². The SMILES string of the molecule is O=C(/C=C/c1ccc(N2CCCC2=O)cc1)Nc1cccc(N2CCCC2=O)c1. The van der Waals surface area contributed by atoms with E-state index >= 15 is 0 Å². The Bertz CT molecular complexity index is 966. The lowest BCUT2D eigenvalue weighted by atomic mass is 10.2. The van der Waals surface area contributed by atoms with Crippen LogP contribution in [0.4, 0.5) is 17.1 Å². The Morgan fingerprint density at radius 1 is 0.862 bits per heavy atom. The highest BCUT2D eigenvalue weighted by Crippen LogP contribution is 2.24. The molecule has 2 heterocycles. The average Bonchev–Trinajstić information content (AvgIpc) is 3.35. The summed E-state index contributed by atoms with van der Waals surface area (Å²) in [6, 6.07) is 14.9. The number of carbonyl (C=O) groups excluding carboxylic acids is 3. The third kappa shape index (κ3) is 4.37. The summed E-state index contributed by atoms with van der Waals surface area (Å²) in [7, 11) is 0. The predicted octanol–water partition coefficient (Wildman–Crippen LogP) is 3.59. The number of anilines is 3. The van der Waals surface area contributed by atoms with Gasteiger partial charge in [-0.3, -0.25) is 14.4 Å². The molecule has 0 atom stereocenters. The van der Waals surface area contributed by atoms with Crippen molar-refractivity contribution in [1.82, 2.24) is 0 Å². The van der Waals surface area contributed by atoms with E-state index in [9.17, 15) is 14.4 Å². The lowest BCUT2D eigenvalue weighted by Crippen LogP contribution is -2.23. The fraction of sp³-hybridized carbons (Fsp3) is 0.261. The summed E-state index contributed by atoms with van der Waals surface area (Å²) < 4.78 is 0. The van der Waals surface area contributed by atoms with E-state index in [0.29, 0.717) is 18.5 Å². The zero-order valence-corrected chi connectivity index (χ0v) is 16.1. The molecule has 0 radical (unpaired) electrons. The number of hydrogen-bond acceptors (Lipinski definition) is 3. The zero-order valence-electron chi connectivity index (χ0n) is 16.1. The van der Waals surface area contributed by atoms with Gasteiger partial charge < -0.3 is 15.1 Å². The first-order valence-electron chi connectivity index (χ1n) is 9.90. The van der Waals surface area contributed by atoms with E-state index in [2.05, 4.69) is 5.32 Å². The molecule has 0 bridgehead atoms. The Morgan fingerprint density at radius 2 is 1.52 bits per heavy atom. The Morgan fingerprint density at radius 3 is 2.14 bits per heavy atom. The highest BCUT2D eigenvalue weighted by Gasteiger charge is 2.22. The van der Waals surface area contributed by atoms with Gasteiger partial charge in [0.2, 0.25) is 17.7 Å². The van der Waals surface area contributed by atoms with Crippen molar-refractivity contribution in [3.63, 3.8) is 0 Å². The molecule has 3 amide bonds. The van der Waals surface area contributed by atoms with Gasteiger partial charge in [-0.25, -0.2) is 0 Å². The molecule has 6 heteroatoms. The largest absolute Gasteiger partial charge is 0.322 e. The van der Waals surface area contributed by atoms with Gasteiger partial charge in [-0.15, -0.1) is 0 Å². The number of nitrogens with one attached hydrogen (secondary N) is 1. The van der Waals surface area contributed by atoms with Gasteiger partial charge in [0, 0.05) is 49.1 Å². The van der Waals surface area contributed by atoms with Crippen molar-refractivity contribution >= 4 is 40.9 Å². The molecule has 2 aromatic rings. The second-order valence-electron chi connectivity index (χ2n) is 7.26. The van der Waals surface area contributed by atoms with E-state index < -0.39 is 0 Å². The van der Waals surface area contributed by atoms with Gasteiger partial charge in [0.15, 0.2) is 0 Å². The Hall–Kier alpha value is -3.41. The van der Waals surface area contributed by atoms with Crippen molar-refractivity contribution in [3.05, 3.63) is 60.2 Å².